The molecule has 5 heterocycles. The zero-order chi connectivity index (χ0) is 21.9. The van der Waals surface area contributed by atoms with Crippen molar-refractivity contribution in [3.05, 3.63) is 78.3 Å². The van der Waals surface area contributed by atoms with E-state index in [0.29, 0.717) is 11.5 Å². The van der Waals surface area contributed by atoms with Gasteiger partial charge in [0.2, 0.25) is 0 Å². The summed E-state index contributed by atoms with van der Waals surface area (Å²) in [6, 6.07) is 7.98. The molecule has 8 heteroatoms. The Hall–Kier alpha value is -4.04. The molecule has 0 saturated carbocycles. The van der Waals surface area contributed by atoms with Gasteiger partial charge in [0.25, 0.3) is 0 Å². The molecule has 160 valence electrons. The lowest BCUT2D eigenvalue weighted by Gasteiger charge is -2.05. The highest BCUT2D eigenvalue weighted by Crippen LogP contribution is 2.28. The van der Waals surface area contributed by atoms with Crippen molar-refractivity contribution in [2.45, 2.75) is 20.4 Å². The molecule has 5 aromatic rings. The molecule has 0 bridgehead atoms. The summed E-state index contributed by atoms with van der Waals surface area (Å²) < 4.78 is 5.23. The van der Waals surface area contributed by atoms with Crippen molar-refractivity contribution >= 4 is 16.6 Å². The zero-order valence-corrected chi connectivity index (χ0v) is 17.9. The van der Waals surface area contributed by atoms with Gasteiger partial charge in [0, 0.05) is 41.8 Å². The zero-order valence-electron chi connectivity index (χ0n) is 17.9. The standard InChI is InChI=1S/C24H23N7O/c1-3-18(16-7-8-32-14-16)21-13-27-24(29-21)23-22-20(30-31-23)6-5-19(28-22)17-9-15(10-25-4-2)11-26-12-17/h3,5-9,11-14,25H,4,10H2,1-2H3,(H,27,29)(H,30,31)/b18-3-. The summed E-state index contributed by atoms with van der Waals surface area (Å²) >= 11 is 0. The lowest BCUT2D eigenvalue weighted by Crippen LogP contribution is -2.11. The smallest absolute Gasteiger partial charge is 0.160 e. The third-order valence-corrected chi connectivity index (χ3v) is 5.28. The van der Waals surface area contributed by atoms with Gasteiger partial charge in [-0.2, -0.15) is 5.10 Å². The first-order valence-corrected chi connectivity index (χ1v) is 10.5. The fourth-order valence-electron chi connectivity index (χ4n) is 3.68. The van der Waals surface area contributed by atoms with Gasteiger partial charge in [0.05, 0.1) is 29.4 Å². The van der Waals surface area contributed by atoms with Crippen LogP contribution in [-0.4, -0.2) is 36.7 Å². The molecule has 8 nitrogen and oxygen atoms in total. The molecular formula is C24H23N7O. The number of aromatic amines is 2. The second kappa shape index (κ2) is 8.60. The lowest BCUT2D eigenvalue weighted by atomic mass is 10.1. The van der Waals surface area contributed by atoms with Crippen molar-refractivity contribution in [3.63, 3.8) is 0 Å². The number of imidazole rings is 1. The van der Waals surface area contributed by atoms with Crippen molar-refractivity contribution < 1.29 is 4.42 Å². The largest absolute Gasteiger partial charge is 0.472 e. The van der Waals surface area contributed by atoms with E-state index in [2.05, 4.69) is 38.5 Å². The molecule has 0 aliphatic heterocycles. The Kier molecular flexibility index (Phi) is 5.35. The second-order valence-electron chi connectivity index (χ2n) is 7.38. The highest BCUT2D eigenvalue weighted by molar-refractivity contribution is 5.89. The minimum atomic E-state index is 0.651. The minimum absolute atomic E-state index is 0.651. The molecule has 0 saturated heterocycles. The van der Waals surface area contributed by atoms with Crippen LogP contribution in [0, 0.1) is 0 Å². The third-order valence-electron chi connectivity index (χ3n) is 5.28. The summed E-state index contributed by atoms with van der Waals surface area (Å²) in [6.07, 6.45) is 10.9. The first kappa shape index (κ1) is 19.9. The van der Waals surface area contributed by atoms with Crippen LogP contribution in [-0.2, 0) is 6.54 Å². The highest BCUT2D eigenvalue weighted by atomic mass is 16.3. The van der Waals surface area contributed by atoms with Crippen LogP contribution in [0.25, 0.3) is 39.4 Å². The fourth-order valence-corrected chi connectivity index (χ4v) is 3.68. The van der Waals surface area contributed by atoms with Crippen LogP contribution in [0.15, 0.2) is 65.9 Å². The summed E-state index contributed by atoms with van der Waals surface area (Å²) in [4.78, 5) is 17.3. The van der Waals surface area contributed by atoms with E-state index >= 15 is 0 Å². The van der Waals surface area contributed by atoms with Gasteiger partial charge in [0.15, 0.2) is 11.5 Å². The normalized spacial score (nSPS) is 12.0. The maximum atomic E-state index is 5.23. The van der Waals surface area contributed by atoms with Crippen molar-refractivity contribution in [2.75, 3.05) is 6.54 Å². The van der Waals surface area contributed by atoms with Gasteiger partial charge in [-0.1, -0.05) is 13.0 Å². The van der Waals surface area contributed by atoms with E-state index in [1.54, 1.807) is 12.5 Å². The minimum Gasteiger partial charge on any atom is -0.472 e. The van der Waals surface area contributed by atoms with Gasteiger partial charge in [0.1, 0.15) is 5.52 Å². The molecule has 0 atom stereocenters. The molecule has 0 amide bonds. The van der Waals surface area contributed by atoms with E-state index in [-0.39, 0.29) is 0 Å². The van der Waals surface area contributed by atoms with E-state index < -0.39 is 0 Å². The Balaban J connectivity index is 1.51. The average molecular weight is 425 g/mol. The monoisotopic (exact) mass is 425 g/mol. The maximum Gasteiger partial charge on any atom is 0.160 e. The Morgan fingerprint density at radius 2 is 2.12 bits per heavy atom. The summed E-state index contributed by atoms with van der Waals surface area (Å²) in [7, 11) is 0. The lowest BCUT2D eigenvalue weighted by molar-refractivity contribution is 0.566. The molecule has 0 spiro atoms. The number of furan rings is 1. The van der Waals surface area contributed by atoms with Gasteiger partial charge < -0.3 is 14.7 Å². The number of hydrogen-bond donors (Lipinski definition) is 3. The quantitative estimate of drug-likeness (QED) is 0.353. The fraction of sp³-hybridized carbons (Fsp3) is 0.167. The molecule has 32 heavy (non-hydrogen) atoms. The summed E-state index contributed by atoms with van der Waals surface area (Å²) in [5, 5.41) is 10.9. The van der Waals surface area contributed by atoms with Gasteiger partial charge >= 0.3 is 0 Å². The molecule has 0 radical (unpaired) electrons. The molecule has 5 rings (SSSR count). The molecule has 0 fully saturated rings. The van der Waals surface area contributed by atoms with Gasteiger partial charge in [-0.3, -0.25) is 10.1 Å². The molecule has 0 aromatic carbocycles. The Morgan fingerprint density at radius 3 is 2.94 bits per heavy atom. The van der Waals surface area contributed by atoms with Crippen LogP contribution in [0.1, 0.15) is 30.7 Å². The molecule has 0 aliphatic carbocycles. The Morgan fingerprint density at radius 1 is 1.19 bits per heavy atom. The van der Waals surface area contributed by atoms with E-state index in [9.17, 15) is 0 Å². The topological polar surface area (TPSA) is 108 Å². The molecule has 0 unspecified atom stereocenters. The number of allylic oxidation sites excluding steroid dienone is 1. The van der Waals surface area contributed by atoms with Crippen molar-refractivity contribution in [1.29, 1.82) is 0 Å². The van der Waals surface area contributed by atoms with Crippen molar-refractivity contribution in [1.82, 2.24) is 35.5 Å². The summed E-state index contributed by atoms with van der Waals surface area (Å²) in [6.45, 7) is 5.75. The number of aromatic nitrogens is 6. The van der Waals surface area contributed by atoms with Crippen LogP contribution in [0.3, 0.4) is 0 Å². The van der Waals surface area contributed by atoms with Gasteiger partial charge in [-0.15, -0.1) is 0 Å². The first-order chi connectivity index (χ1) is 15.8. The number of rotatable bonds is 7. The van der Waals surface area contributed by atoms with Gasteiger partial charge in [-0.25, -0.2) is 9.97 Å². The number of nitrogens with one attached hydrogen (secondary N) is 3. The maximum absolute atomic E-state index is 5.23. The van der Waals surface area contributed by atoms with Crippen LogP contribution >= 0.6 is 0 Å². The molecule has 5 aromatic heterocycles. The number of H-pyrrole nitrogens is 2. The van der Waals surface area contributed by atoms with Crippen LogP contribution in [0.2, 0.25) is 0 Å². The Labute approximate surface area is 184 Å². The van der Waals surface area contributed by atoms with E-state index in [4.69, 9.17) is 14.4 Å². The predicted molar refractivity (Wildman–Crippen MR) is 124 cm³/mol. The van der Waals surface area contributed by atoms with E-state index in [0.717, 1.165) is 57.8 Å². The molecular weight excluding hydrogens is 402 g/mol. The SMILES string of the molecule is C/C=C(/c1ccoc1)c1c[nH]c(-c2n[nH]c3ccc(-c4cncc(CNCC)c4)nc23)n1. The molecule has 3 N–H and O–H groups in total. The van der Waals surface area contributed by atoms with Crippen LogP contribution < -0.4 is 5.32 Å². The summed E-state index contributed by atoms with van der Waals surface area (Å²) in [5.41, 5.74) is 7.97. The average Bonchev–Trinajstić information content (AvgIpc) is 3.59. The van der Waals surface area contributed by atoms with E-state index in [1.807, 2.05) is 49.8 Å². The van der Waals surface area contributed by atoms with Crippen LogP contribution in [0.4, 0.5) is 0 Å². The predicted octanol–water partition coefficient (Wildman–Crippen LogP) is 4.56. The van der Waals surface area contributed by atoms with Gasteiger partial charge in [-0.05, 0) is 43.3 Å². The Bertz CT molecular complexity index is 1380. The third kappa shape index (κ3) is 3.72. The van der Waals surface area contributed by atoms with Crippen molar-refractivity contribution in [3.8, 4) is 22.8 Å². The number of nitrogens with zero attached hydrogens (tertiary/aromatic N) is 4. The number of fused-ring (bicyclic) bond motifs is 1. The number of hydrogen-bond acceptors (Lipinski definition) is 6. The van der Waals surface area contributed by atoms with Crippen molar-refractivity contribution in [2.24, 2.45) is 0 Å². The molecule has 0 aliphatic rings. The summed E-state index contributed by atoms with van der Waals surface area (Å²) in [5.74, 6) is 0.651. The van der Waals surface area contributed by atoms with E-state index in [1.165, 1.54) is 0 Å². The first-order valence-electron chi connectivity index (χ1n) is 10.5. The number of pyridine rings is 2. The highest BCUT2D eigenvalue weighted by Gasteiger charge is 2.16. The second-order valence-corrected chi connectivity index (χ2v) is 7.38. The van der Waals surface area contributed by atoms with Crippen LogP contribution in [0.5, 0.6) is 0 Å².